The number of hydrogen-bond acceptors (Lipinski definition) is 6. The Hall–Kier alpha value is -2.67. The molecule has 0 radical (unpaired) electrons. The molecule has 2 aromatic heterocycles. The van der Waals surface area contributed by atoms with Crippen molar-refractivity contribution in [2.75, 3.05) is 14.2 Å². The summed E-state index contributed by atoms with van der Waals surface area (Å²) in [6.07, 6.45) is 5.60. The van der Waals surface area contributed by atoms with Gasteiger partial charge in [-0.2, -0.15) is 0 Å². The molecule has 2 heterocycles. The van der Waals surface area contributed by atoms with Crippen molar-refractivity contribution in [1.29, 1.82) is 4.78 Å². The Balaban J connectivity index is 1.61. The van der Waals surface area contributed by atoms with E-state index in [1.165, 1.54) is 0 Å². The molecule has 4 rings (SSSR count). The number of rotatable bonds is 6. The number of methoxy groups -OCH3 is 1. The molecule has 1 atom stereocenters. The SMILES string of the molecule is CN=S(=N)(c1cccc(COc2ccnc3c(OC)nccc23)c1)C1CC1. The van der Waals surface area contributed by atoms with Crippen LogP contribution in [0, 0.1) is 4.78 Å². The molecule has 0 saturated heterocycles. The van der Waals surface area contributed by atoms with Gasteiger partial charge in [-0.25, -0.2) is 4.98 Å². The van der Waals surface area contributed by atoms with Gasteiger partial charge in [-0.1, -0.05) is 12.1 Å². The smallest absolute Gasteiger partial charge is 0.240 e. The van der Waals surface area contributed by atoms with Crippen LogP contribution in [0.4, 0.5) is 0 Å². The maximum absolute atomic E-state index is 8.82. The molecule has 3 aromatic rings. The second-order valence-electron chi connectivity index (χ2n) is 6.47. The summed E-state index contributed by atoms with van der Waals surface area (Å²) in [6, 6.07) is 11.8. The molecule has 1 fully saturated rings. The Kier molecular flexibility index (Phi) is 4.70. The lowest BCUT2D eigenvalue weighted by atomic mass is 10.2. The van der Waals surface area contributed by atoms with Crippen LogP contribution in [0.3, 0.4) is 0 Å². The molecule has 6 nitrogen and oxygen atoms in total. The van der Waals surface area contributed by atoms with Gasteiger partial charge in [0.1, 0.15) is 17.9 Å². The monoisotopic (exact) mass is 382 g/mol. The zero-order chi connectivity index (χ0) is 18.9. The van der Waals surface area contributed by atoms with Crippen molar-refractivity contribution in [2.24, 2.45) is 4.36 Å². The number of benzene rings is 1. The van der Waals surface area contributed by atoms with Crippen molar-refractivity contribution in [1.82, 2.24) is 9.97 Å². The van der Waals surface area contributed by atoms with E-state index in [1.54, 1.807) is 26.6 Å². The van der Waals surface area contributed by atoms with Gasteiger partial charge < -0.3 is 9.47 Å². The van der Waals surface area contributed by atoms with Crippen LogP contribution in [0.25, 0.3) is 10.9 Å². The molecule has 0 spiro atoms. The van der Waals surface area contributed by atoms with Crippen molar-refractivity contribution < 1.29 is 9.47 Å². The molecule has 1 saturated carbocycles. The topological polar surface area (TPSA) is 80.5 Å². The molecule has 1 unspecified atom stereocenters. The van der Waals surface area contributed by atoms with Crippen LogP contribution in [0.15, 0.2) is 58.1 Å². The number of hydrogen-bond donors (Lipinski definition) is 1. The number of fused-ring (bicyclic) bond motifs is 1. The summed E-state index contributed by atoms with van der Waals surface area (Å²) >= 11 is 0. The average molecular weight is 382 g/mol. The predicted octanol–water partition coefficient (Wildman–Crippen LogP) is 4.47. The summed E-state index contributed by atoms with van der Waals surface area (Å²) in [7, 11) is 1.53. The molecule has 27 heavy (non-hydrogen) atoms. The minimum absolute atomic E-state index is 0.405. The molecule has 1 N–H and O–H groups in total. The fourth-order valence-electron chi connectivity index (χ4n) is 3.15. The fourth-order valence-corrected chi connectivity index (χ4v) is 5.48. The summed E-state index contributed by atoms with van der Waals surface area (Å²) < 4.78 is 24.6. The lowest BCUT2D eigenvalue weighted by Crippen LogP contribution is -2.06. The highest BCUT2D eigenvalue weighted by Gasteiger charge is 2.31. The first kappa shape index (κ1) is 17.7. The average Bonchev–Trinajstić information content (AvgIpc) is 3.57. The summed E-state index contributed by atoms with van der Waals surface area (Å²) in [4.78, 5) is 9.55. The van der Waals surface area contributed by atoms with Gasteiger partial charge in [-0.15, -0.1) is 0 Å². The van der Waals surface area contributed by atoms with Crippen LogP contribution in [0.5, 0.6) is 11.6 Å². The van der Waals surface area contributed by atoms with Gasteiger partial charge in [0.05, 0.1) is 7.11 Å². The van der Waals surface area contributed by atoms with Gasteiger partial charge in [0.15, 0.2) is 0 Å². The highest BCUT2D eigenvalue weighted by molar-refractivity contribution is 7.95. The first-order valence-corrected chi connectivity index (χ1v) is 10.5. The zero-order valence-corrected chi connectivity index (χ0v) is 16.2. The predicted molar refractivity (Wildman–Crippen MR) is 107 cm³/mol. The first-order valence-electron chi connectivity index (χ1n) is 8.83. The Bertz CT molecular complexity index is 1100. The molecule has 1 aliphatic carbocycles. The second kappa shape index (κ2) is 7.15. The van der Waals surface area contributed by atoms with Crippen molar-refractivity contribution in [3.05, 3.63) is 54.4 Å². The van der Waals surface area contributed by atoms with Crippen LogP contribution in [-0.4, -0.2) is 29.4 Å². The van der Waals surface area contributed by atoms with Crippen LogP contribution < -0.4 is 9.47 Å². The highest BCUT2D eigenvalue weighted by Crippen LogP contribution is 2.36. The Morgan fingerprint density at radius 1 is 1.19 bits per heavy atom. The highest BCUT2D eigenvalue weighted by atomic mass is 32.2. The molecule has 7 heteroatoms. The molecule has 0 bridgehead atoms. The van der Waals surface area contributed by atoms with Crippen LogP contribution in [0.1, 0.15) is 18.4 Å². The van der Waals surface area contributed by atoms with Crippen molar-refractivity contribution in [2.45, 2.75) is 29.6 Å². The number of nitrogens with zero attached hydrogens (tertiary/aromatic N) is 3. The first-order chi connectivity index (χ1) is 13.2. The third-order valence-corrected chi connectivity index (χ3v) is 7.71. The standard InChI is InChI=1S/C20H22N4O2S/c1-22-27(21,15-6-7-15)16-5-3-4-14(12-16)13-26-18-9-11-23-19-17(18)8-10-24-20(19)25-2/h3-5,8-12,15,21H,6-7,13H2,1-2H3. The molecule has 1 aromatic carbocycles. The maximum Gasteiger partial charge on any atom is 0.240 e. The van der Waals surface area contributed by atoms with Crippen molar-refractivity contribution in [3.8, 4) is 11.6 Å². The van der Waals surface area contributed by atoms with E-state index >= 15 is 0 Å². The van der Waals surface area contributed by atoms with Crippen molar-refractivity contribution in [3.63, 3.8) is 0 Å². The van der Waals surface area contributed by atoms with Crippen LogP contribution >= 0.6 is 0 Å². The fraction of sp³-hybridized carbons (Fsp3) is 0.300. The second-order valence-corrected chi connectivity index (χ2v) is 9.22. The third-order valence-electron chi connectivity index (χ3n) is 4.73. The van der Waals surface area contributed by atoms with Gasteiger partial charge in [0.25, 0.3) is 0 Å². The van der Waals surface area contributed by atoms with Gasteiger partial charge in [0, 0.05) is 35.0 Å². The van der Waals surface area contributed by atoms with E-state index in [9.17, 15) is 0 Å². The number of aromatic nitrogens is 2. The van der Waals surface area contributed by atoms with Gasteiger partial charge >= 0.3 is 0 Å². The summed E-state index contributed by atoms with van der Waals surface area (Å²) in [5.41, 5.74) is 1.71. The maximum atomic E-state index is 8.82. The van der Waals surface area contributed by atoms with Gasteiger partial charge in [-0.05, 0) is 52.3 Å². The Labute approximate surface area is 159 Å². The van der Waals surface area contributed by atoms with E-state index < -0.39 is 9.62 Å². The summed E-state index contributed by atoms with van der Waals surface area (Å²) in [5, 5.41) is 1.27. The quantitative estimate of drug-likeness (QED) is 0.682. The zero-order valence-electron chi connectivity index (χ0n) is 15.4. The third kappa shape index (κ3) is 3.35. The lowest BCUT2D eigenvalue weighted by Gasteiger charge is -2.14. The summed E-state index contributed by atoms with van der Waals surface area (Å²) in [6.45, 7) is 0.418. The van der Waals surface area contributed by atoms with Crippen molar-refractivity contribution >= 4 is 20.5 Å². The number of nitrogens with one attached hydrogen (secondary N) is 1. The normalized spacial score (nSPS) is 15.9. The van der Waals surface area contributed by atoms with E-state index in [-0.39, 0.29) is 0 Å². The van der Waals surface area contributed by atoms with E-state index in [0.717, 1.165) is 34.4 Å². The molecule has 0 amide bonds. The van der Waals surface area contributed by atoms with E-state index in [0.29, 0.717) is 23.3 Å². The van der Waals surface area contributed by atoms with Crippen LogP contribution in [-0.2, 0) is 16.2 Å². The molecular weight excluding hydrogens is 360 g/mol. The van der Waals surface area contributed by atoms with Gasteiger partial charge in [-0.3, -0.25) is 14.1 Å². The minimum Gasteiger partial charge on any atom is -0.488 e. The largest absolute Gasteiger partial charge is 0.488 e. The van der Waals surface area contributed by atoms with E-state index in [1.807, 2.05) is 30.3 Å². The van der Waals surface area contributed by atoms with Crippen LogP contribution in [0.2, 0.25) is 0 Å². The molecule has 1 aliphatic rings. The molecular formula is C20H22N4O2S. The minimum atomic E-state index is -1.83. The number of ether oxygens (including phenoxy) is 2. The Morgan fingerprint density at radius 3 is 2.74 bits per heavy atom. The number of pyridine rings is 2. The lowest BCUT2D eigenvalue weighted by molar-refractivity contribution is 0.309. The van der Waals surface area contributed by atoms with E-state index in [2.05, 4.69) is 20.4 Å². The molecule has 0 aliphatic heterocycles. The van der Waals surface area contributed by atoms with Gasteiger partial charge in [0.2, 0.25) is 5.88 Å². The summed E-state index contributed by atoms with van der Waals surface area (Å²) in [5.74, 6) is 1.22. The van der Waals surface area contributed by atoms with E-state index in [4.69, 9.17) is 14.3 Å². The Morgan fingerprint density at radius 2 is 2.00 bits per heavy atom. The molecule has 140 valence electrons.